The highest BCUT2D eigenvalue weighted by atomic mass is 79.9. The van der Waals surface area contributed by atoms with Crippen LogP contribution in [-0.4, -0.2) is 25.5 Å². The number of carbonyl (C=O) groups excluding carboxylic acids is 1. The summed E-state index contributed by atoms with van der Waals surface area (Å²) in [6.07, 6.45) is 1.11. The summed E-state index contributed by atoms with van der Waals surface area (Å²) in [5.41, 5.74) is 4.26. The maximum absolute atomic E-state index is 12.4. The number of halogens is 1. The summed E-state index contributed by atoms with van der Waals surface area (Å²) >= 11 is 3.53. The van der Waals surface area contributed by atoms with Crippen molar-refractivity contribution in [3.8, 4) is 0 Å². The molecule has 2 aromatic rings. The number of hydrogen-bond donors (Lipinski definition) is 1. The smallest absolute Gasteiger partial charge is 0.251 e. The molecule has 1 unspecified atom stereocenters. The Kier molecular flexibility index (Phi) is 5.24. The minimum Gasteiger partial charge on any atom is -0.371 e. The molecule has 1 aliphatic heterocycles. The third kappa shape index (κ3) is 4.18. The SMILES string of the molecule is Cc1cc(C)cc(C(=O)NCC2CCN(c3cccc(Br)c3)C2)c1. The maximum Gasteiger partial charge on any atom is 0.251 e. The quantitative estimate of drug-likeness (QED) is 0.848. The fourth-order valence-electron chi connectivity index (χ4n) is 3.35. The number of hydrogen-bond acceptors (Lipinski definition) is 2. The van der Waals surface area contributed by atoms with E-state index in [9.17, 15) is 4.79 Å². The van der Waals surface area contributed by atoms with Crippen molar-refractivity contribution in [1.29, 1.82) is 0 Å². The Hall–Kier alpha value is -1.81. The van der Waals surface area contributed by atoms with E-state index < -0.39 is 0 Å². The van der Waals surface area contributed by atoms with E-state index in [1.54, 1.807) is 0 Å². The molecule has 0 aliphatic carbocycles. The lowest BCUT2D eigenvalue weighted by molar-refractivity contribution is 0.0948. The molecule has 0 spiro atoms. The molecule has 1 amide bonds. The van der Waals surface area contributed by atoms with E-state index in [0.29, 0.717) is 5.92 Å². The Bertz CT molecular complexity index is 724. The predicted molar refractivity (Wildman–Crippen MR) is 103 cm³/mol. The van der Waals surface area contributed by atoms with Gasteiger partial charge in [-0.3, -0.25) is 4.79 Å². The van der Waals surface area contributed by atoms with Crippen molar-refractivity contribution in [3.63, 3.8) is 0 Å². The van der Waals surface area contributed by atoms with Crippen LogP contribution in [0.2, 0.25) is 0 Å². The predicted octanol–water partition coefficient (Wildman–Crippen LogP) is 4.32. The monoisotopic (exact) mass is 386 g/mol. The average Bonchev–Trinajstić information content (AvgIpc) is 3.00. The van der Waals surface area contributed by atoms with Gasteiger partial charge in [-0.2, -0.15) is 0 Å². The fraction of sp³-hybridized carbons (Fsp3) is 0.350. The van der Waals surface area contributed by atoms with Crippen LogP contribution >= 0.6 is 15.9 Å². The molecular formula is C20H23BrN2O. The van der Waals surface area contributed by atoms with Gasteiger partial charge in [-0.05, 0) is 56.5 Å². The first-order valence-electron chi connectivity index (χ1n) is 8.38. The van der Waals surface area contributed by atoms with Gasteiger partial charge in [0.25, 0.3) is 5.91 Å². The number of aryl methyl sites for hydroxylation is 2. The molecule has 0 saturated carbocycles. The molecule has 2 aromatic carbocycles. The molecule has 1 aliphatic rings. The lowest BCUT2D eigenvalue weighted by Gasteiger charge is -2.19. The number of amides is 1. The van der Waals surface area contributed by atoms with Gasteiger partial charge in [0.1, 0.15) is 0 Å². The van der Waals surface area contributed by atoms with Gasteiger partial charge in [0.2, 0.25) is 0 Å². The first-order valence-corrected chi connectivity index (χ1v) is 9.17. The molecule has 1 saturated heterocycles. The first kappa shape index (κ1) is 17.0. The standard InChI is InChI=1S/C20H23BrN2O/c1-14-8-15(2)10-17(9-14)20(24)22-12-16-6-7-23(13-16)19-5-3-4-18(21)11-19/h3-5,8-11,16H,6-7,12-13H2,1-2H3,(H,22,24). The zero-order valence-corrected chi connectivity index (χ0v) is 15.8. The average molecular weight is 387 g/mol. The van der Waals surface area contributed by atoms with E-state index in [1.807, 2.05) is 32.0 Å². The van der Waals surface area contributed by atoms with Gasteiger partial charge in [-0.25, -0.2) is 0 Å². The van der Waals surface area contributed by atoms with Gasteiger partial charge < -0.3 is 10.2 Å². The fourth-order valence-corrected chi connectivity index (χ4v) is 3.74. The maximum atomic E-state index is 12.4. The van der Waals surface area contributed by atoms with E-state index in [0.717, 1.165) is 47.2 Å². The highest BCUT2D eigenvalue weighted by Crippen LogP contribution is 2.26. The topological polar surface area (TPSA) is 32.3 Å². The summed E-state index contributed by atoms with van der Waals surface area (Å²) in [7, 11) is 0. The molecular weight excluding hydrogens is 364 g/mol. The summed E-state index contributed by atoms with van der Waals surface area (Å²) in [5.74, 6) is 0.529. The van der Waals surface area contributed by atoms with E-state index in [2.05, 4.69) is 50.4 Å². The molecule has 1 heterocycles. The Morgan fingerprint density at radius 2 is 1.96 bits per heavy atom. The van der Waals surface area contributed by atoms with Crippen LogP contribution in [0.5, 0.6) is 0 Å². The third-order valence-corrected chi connectivity index (χ3v) is 4.99. The molecule has 1 fully saturated rings. The summed E-state index contributed by atoms with van der Waals surface area (Å²) < 4.78 is 1.10. The van der Waals surface area contributed by atoms with Gasteiger partial charge >= 0.3 is 0 Å². The second kappa shape index (κ2) is 7.39. The van der Waals surface area contributed by atoms with Crippen molar-refractivity contribution in [3.05, 3.63) is 63.6 Å². The van der Waals surface area contributed by atoms with Gasteiger partial charge in [0, 0.05) is 35.4 Å². The van der Waals surface area contributed by atoms with Gasteiger partial charge in [-0.1, -0.05) is 39.2 Å². The second-order valence-electron chi connectivity index (χ2n) is 6.67. The van der Waals surface area contributed by atoms with Crippen LogP contribution in [0.1, 0.15) is 27.9 Å². The summed E-state index contributed by atoms with van der Waals surface area (Å²) in [5, 5.41) is 3.10. The third-order valence-electron chi connectivity index (χ3n) is 4.49. The van der Waals surface area contributed by atoms with E-state index in [1.165, 1.54) is 5.69 Å². The molecule has 3 rings (SSSR count). The molecule has 126 valence electrons. The molecule has 0 bridgehead atoms. The van der Waals surface area contributed by atoms with E-state index in [4.69, 9.17) is 0 Å². The molecule has 0 radical (unpaired) electrons. The minimum absolute atomic E-state index is 0.0303. The molecule has 1 N–H and O–H groups in total. The van der Waals surface area contributed by atoms with Crippen molar-refractivity contribution < 1.29 is 4.79 Å². The van der Waals surface area contributed by atoms with Crippen LogP contribution in [-0.2, 0) is 0 Å². The molecule has 24 heavy (non-hydrogen) atoms. The number of benzene rings is 2. The van der Waals surface area contributed by atoms with Crippen molar-refractivity contribution in [1.82, 2.24) is 5.32 Å². The summed E-state index contributed by atoms with van der Waals surface area (Å²) in [6.45, 7) is 6.81. The zero-order chi connectivity index (χ0) is 17.1. The number of rotatable bonds is 4. The summed E-state index contributed by atoms with van der Waals surface area (Å²) in [4.78, 5) is 14.8. The van der Waals surface area contributed by atoms with Crippen molar-refractivity contribution >= 4 is 27.5 Å². The van der Waals surface area contributed by atoms with E-state index >= 15 is 0 Å². The van der Waals surface area contributed by atoms with Crippen molar-refractivity contribution in [2.45, 2.75) is 20.3 Å². The van der Waals surface area contributed by atoms with E-state index in [-0.39, 0.29) is 5.91 Å². The Morgan fingerprint density at radius 3 is 2.67 bits per heavy atom. The highest BCUT2D eigenvalue weighted by Gasteiger charge is 2.23. The minimum atomic E-state index is 0.0303. The van der Waals surface area contributed by atoms with Crippen LogP contribution in [0.15, 0.2) is 46.9 Å². The van der Waals surface area contributed by atoms with Crippen LogP contribution in [0.3, 0.4) is 0 Å². The van der Waals surface area contributed by atoms with Gasteiger partial charge in [-0.15, -0.1) is 0 Å². The lowest BCUT2D eigenvalue weighted by atomic mass is 10.1. The van der Waals surface area contributed by atoms with Crippen LogP contribution in [0, 0.1) is 19.8 Å². The van der Waals surface area contributed by atoms with Gasteiger partial charge in [0.15, 0.2) is 0 Å². The molecule has 3 nitrogen and oxygen atoms in total. The van der Waals surface area contributed by atoms with Crippen LogP contribution < -0.4 is 10.2 Å². The second-order valence-corrected chi connectivity index (χ2v) is 7.58. The highest BCUT2D eigenvalue weighted by molar-refractivity contribution is 9.10. The molecule has 0 aromatic heterocycles. The first-order chi connectivity index (χ1) is 11.5. The van der Waals surface area contributed by atoms with Crippen LogP contribution in [0.25, 0.3) is 0 Å². The van der Waals surface area contributed by atoms with Crippen LogP contribution in [0.4, 0.5) is 5.69 Å². The summed E-state index contributed by atoms with van der Waals surface area (Å²) in [6, 6.07) is 14.4. The Morgan fingerprint density at radius 1 is 1.21 bits per heavy atom. The number of nitrogens with zero attached hydrogens (tertiary/aromatic N) is 1. The lowest BCUT2D eigenvalue weighted by Crippen LogP contribution is -2.31. The number of anilines is 1. The number of carbonyl (C=O) groups is 1. The Labute approximate surface area is 152 Å². The van der Waals surface area contributed by atoms with Gasteiger partial charge in [0.05, 0.1) is 0 Å². The Balaban J connectivity index is 1.55. The van der Waals surface area contributed by atoms with Crippen molar-refractivity contribution in [2.75, 3.05) is 24.5 Å². The van der Waals surface area contributed by atoms with Crippen molar-refractivity contribution in [2.24, 2.45) is 5.92 Å². The zero-order valence-electron chi connectivity index (χ0n) is 14.2. The molecule has 1 atom stereocenters. The molecule has 4 heteroatoms. The normalized spacial score (nSPS) is 17.1. The largest absolute Gasteiger partial charge is 0.371 e. The number of nitrogens with one attached hydrogen (secondary N) is 1.